The summed E-state index contributed by atoms with van der Waals surface area (Å²) in [6.07, 6.45) is 1.47. The molecular formula is C27H34F3N7O. The number of ether oxygens (including phenoxy) is 1. The summed E-state index contributed by atoms with van der Waals surface area (Å²) in [5.74, 6) is 1.59. The second kappa shape index (κ2) is 11.1. The van der Waals surface area contributed by atoms with Crippen LogP contribution in [0.4, 0.5) is 24.9 Å². The molecule has 38 heavy (non-hydrogen) atoms. The molecule has 1 atom stereocenters. The Hall–Kier alpha value is -2.92. The summed E-state index contributed by atoms with van der Waals surface area (Å²) in [6.45, 7) is 4.65. The van der Waals surface area contributed by atoms with Gasteiger partial charge in [-0.25, -0.2) is 18.2 Å². The van der Waals surface area contributed by atoms with Crippen LogP contribution < -0.4 is 10.2 Å². The van der Waals surface area contributed by atoms with Crippen molar-refractivity contribution >= 4 is 22.8 Å². The minimum atomic E-state index is -2.75. The molecule has 1 N–H and O–H groups in total. The first kappa shape index (κ1) is 25.4. The van der Waals surface area contributed by atoms with Gasteiger partial charge < -0.3 is 15.0 Å². The van der Waals surface area contributed by atoms with Gasteiger partial charge in [-0.2, -0.15) is 9.97 Å². The molecule has 1 saturated carbocycles. The number of hydrogen-bond donors (Lipinski definition) is 1. The van der Waals surface area contributed by atoms with E-state index in [1.807, 2.05) is 6.07 Å². The van der Waals surface area contributed by atoms with Crippen molar-refractivity contribution in [3.63, 3.8) is 0 Å². The number of imidazole rings is 1. The molecule has 204 valence electrons. The minimum absolute atomic E-state index is 0.334. The van der Waals surface area contributed by atoms with E-state index in [-0.39, 0.29) is 5.82 Å². The number of halogens is 3. The summed E-state index contributed by atoms with van der Waals surface area (Å²) in [6, 6.07) is 9.34. The summed E-state index contributed by atoms with van der Waals surface area (Å²) in [5, 5.41) is 3.41. The van der Waals surface area contributed by atoms with E-state index in [0.29, 0.717) is 86.4 Å². The number of rotatable bonds is 7. The maximum absolute atomic E-state index is 14.1. The molecule has 11 heteroatoms. The van der Waals surface area contributed by atoms with Crippen LogP contribution in [0.5, 0.6) is 0 Å². The molecule has 0 spiro atoms. The topological polar surface area (TPSA) is 71.3 Å². The van der Waals surface area contributed by atoms with E-state index in [4.69, 9.17) is 14.7 Å². The molecule has 1 aliphatic carbocycles. The molecule has 2 aliphatic heterocycles. The van der Waals surface area contributed by atoms with E-state index in [0.717, 1.165) is 32.2 Å². The Kier molecular flexibility index (Phi) is 7.38. The first-order valence-corrected chi connectivity index (χ1v) is 13.6. The number of nitrogens with zero attached hydrogens (tertiary/aromatic N) is 6. The maximum Gasteiger partial charge on any atom is 0.296 e. The Bertz CT molecular complexity index is 1240. The summed E-state index contributed by atoms with van der Waals surface area (Å²) in [5.41, 5.74) is 1.08. The number of aromatic nitrogens is 4. The number of anilines is 2. The summed E-state index contributed by atoms with van der Waals surface area (Å²) in [4.78, 5) is 18.1. The Morgan fingerprint density at radius 1 is 0.947 bits per heavy atom. The highest BCUT2D eigenvalue weighted by atomic mass is 19.3. The van der Waals surface area contributed by atoms with E-state index in [9.17, 15) is 13.2 Å². The van der Waals surface area contributed by atoms with E-state index >= 15 is 0 Å². The predicted molar refractivity (Wildman–Crippen MR) is 140 cm³/mol. The molecule has 3 aliphatic rings. The zero-order chi connectivity index (χ0) is 26.1. The molecule has 3 aromatic rings. The highest BCUT2D eigenvalue weighted by Crippen LogP contribution is 2.32. The number of para-hydroxylation sites is 2. The molecule has 3 fully saturated rings. The van der Waals surface area contributed by atoms with Gasteiger partial charge in [0.15, 0.2) is 5.82 Å². The van der Waals surface area contributed by atoms with Crippen LogP contribution in [-0.4, -0.2) is 82.6 Å². The first-order chi connectivity index (χ1) is 18.5. The zero-order valence-electron chi connectivity index (χ0n) is 21.4. The Morgan fingerprint density at radius 2 is 1.71 bits per heavy atom. The first-order valence-electron chi connectivity index (χ1n) is 13.6. The van der Waals surface area contributed by atoms with Gasteiger partial charge in [0.2, 0.25) is 5.95 Å². The fourth-order valence-electron chi connectivity index (χ4n) is 6.03. The van der Waals surface area contributed by atoms with Crippen molar-refractivity contribution in [2.75, 3.05) is 56.2 Å². The van der Waals surface area contributed by atoms with Gasteiger partial charge >= 0.3 is 0 Å². The lowest BCUT2D eigenvalue weighted by atomic mass is 9.85. The van der Waals surface area contributed by atoms with Gasteiger partial charge in [0.1, 0.15) is 17.8 Å². The fourth-order valence-corrected chi connectivity index (χ4v) is 6.03. The second-order valence-corrected chi connectivity index (χ2v) is 10.5. The van der Waals surface area contributed by atoms with Crippen molar-refractivity contribution in [2.45, 2.75) is 50.7 Å². The third-order valence-electron chi connectivity index (χ3n) is 8.09. The molecule has 8 nitrogen and oxygen atoms in total. The molecule has 0 radical (unpaired) electrons. The standard InChI is InChI=1S/C27H34F3N7O/c28-19-9-10-36(17-19)20-7-5-18(6-8-20)16-31-27-33-23(35-11-13-38-14-12-35)15-24(34-27)37-22-4-2-1-3-21(22)32-26(37)25(29)30/h1-4,15,18-20,25H,5-14,16-17H2,(H,31,33,34)/t18-,19-,20-/m1/s1. The highest BCUT2D eigenvalue weighted by Gasteiger charge is 2.31. The Morgan fingerprint density at radius 3 is 2.45 bits per heavy atom. The predicted octanol–water partition coefficient (Wildman–Crippen LogP) is 4.60. The number of nitrogens with one attached hydrogen (secondary N) is 1. The van der Waals surface area contributed by atoms with Crippen LogP contribution in [-0.2, 0) is 4.74 Å². The van der Waals surface area contributed by atoms with Gasteiger partial charge in [-0.15, -0.1) is 0 Å². The smallest absolute Gasteiger partial charge is 0.296 e. The average Bonchev–Trinajstić information content (AvgIpc) is 3.56. The number of morpholine rings is 1. The molecule has 1 aromatic carbocycles. The second-order valence-electron chi connectivity index (χ2n) is 10.5. The molecular weight excluding hydrogens is 495 g/mol. The largest absolute Gasteiger partial charge is 0.378 e. The van der Waals surface area contributed by atoms with Crippen LogP contribution in [0, 0.1) is 5.92 Å². The van der Waals surface area contributed by atoms with E-state index in [2.05, 4.69) is 20.1 Å². The van der Waals surface area contributed by atoms with Crippen LogP contribution in [0.1, 0.15) is 44.4 Å². The van der Waals surface area contributed by atoms with Crippen molar-refractivity contribution in [1.82, 2.24) is 24.4 Å². The fraction of sp³-hybridized carbons (Fsp3) is 0.593. The van der Waals surface area contributed by atoms with Crippen molar-refractivity contribution < 1.29 is 17.9 Å². The van der Waals surface area contributed by atoms with Gasteiger partial charge in [0.25, 0.3) is 6.43 Å². The van der Waals surface area contributed by atoms with Crippen LogP contribution in [0.2, 0.25) is 0 Å². The van der Waals surface area contributed by atoms with Gasteiger partial charge in [-0.05, 0) is 50.2 Å². The quantitative estimate of drug-likeness (QED) is 0.480. The molecule has 2 aromatic heterocycles. The van der Waals surface area contributed by atoms with Gasteiger partial charge in [0, 0.05) is 44.8 Å². The normalized spacial score (nSPS) is 24.9. The van der Waals surface area contributed by atoms with Crippen molar-refractivity contribution in [3.05, 3.63) is 36.2 Å². The van der Waals surface area contributed by atoms with Crippen molar-refractivity contribution in [1.29, 1.82) is 0 Å². The number of hydrogen-bond acceptors (Lipinski definition) is 7. The maximum atomic E-state index is 14.1. The Labute approximate surface area is 220 Å². The number of alkyl halides is 3. The molecule has 4 heterocycles. The molecule has 0 bridgehead atoms. The minimum Gasteiger partial charge on any atom is -0.378 e. The summed E-state index contributed by atoms with van der Waals surface area (Å²) in [7, 11) is 0. The number of likely N-dealkylation sites (tertiary alicyclic amines) is 1. The summed E-state index contributed by atoms with van der Waals surface area (Å²) >= 11 is 0. The van der Waals surface area contributed by atoms with Crippen LogP contribution in [0.15, 0.2) is 30.3 Å². The van der Waals surface area contributed by atoms with Gasteiger partial charge in [0.05, 0.1) is 24.2 Å². The lowest BCUT2D eigenvalue weighted by molar-refractivity contribution is 0.122. The van der Waals surface area contributed by atoms with Crippen LogP contribution >= 0.6 is 0 Å². The van der Waals surface area contributed by atoms with E-state index in [1.165, 1.54) is 4.57 Å². The Balaban J connectivity index is 1.24. The SMILES string of the molecule is FC(F)c1nc2ccccc2n1-c1cc(N2CCOCC2)nc(NC[C@H]2CC[C@H](N3CC[C@@H](F)C3)CC2)n1. The molecule has 2 saturated heterocycles. The summed E-state index contributed by atoms with van der Waals surface area (Å²) < 4.78 is 48.7. The van der Waals surface area contributed by atoms with E-state index < -0.39 is 12.6 Å². The zero-order valence-corrected chi connectivity index (χ0v) is 21.4. The van der Waals surface area contributed by atoms with E-state index in [1.54, 1.807) is 24.3 Å². The van der Waals surface area contributed by atoms with Crippen molar-refractivity contribution in [2.24, 2.45) is 5.92 Å². The molecule has 0 amide bonds. The molecule has 6 rings (SSSR count). The lowest BCUT2D eigenvalue weighted by Gasteiger charge is -2.34. The monoisotopic (exact) mass is 529 g/mol. The molecule has 0 unspecified atom stereocenters. The number of benzene rings is 1. The average molecular weight is 530 g/mol. The third-order valence-corrected chi connectivity index (χ3v) is 8.09. The van der Waals surface area contributed by atoms with Crippen molar-refractivity contribution in [3.8, 4) is 5.82 Å². The van der Waals surface area contributed by atoms with Gasteiger partial charge in [-0.3, -0.25) is 9.47 Å². The van der Waals surface area contributed by atoms with Crippen LogP contribution in [0.25, 0.3) is 16.9 Å². The number of fused-ring (bicyclic) bond motifs is 1. The lowest BCUT2D eigenvalue weighted by Crippen LogP contribution is -2.38. The van der Waals surface area contributed by atoms with Crippen LogP contribution in [0.3, 0.4) is 0 Å². The highest BCUT2D eigenvalue weighted by molar-refractivity contribution is 5.78. The third kappa shape index (κ3) is 5.31. The van der Waals surface area contributed by atoms with Gasteiger partial charge in [-0.1, -0.05) is 12.1 Å².